The molecule has 0 amide bonds. The fourth-order valence-electron chi connectivity index (χ4n) is 9.80. The van der Waals surface area contributed by atoms with Crippen LogP contribution in [0.5, 0.6) is 0 Å². The minimum absolute atomic E-state index is 0.0447. The van der Waals surface area contributed by atoms with Gasteiger partial charge in [-0.1, -0.05) is 82.5 Å². The van der Waals surface area contributed by atoms with Crippen molar-refractivity contribution in [3.8, 4) is 22.8 Å². The van der Waals surface area contributed by atoms with E-state index in [-0.39, 0.29) is 43.5 Å². The number of esters is 2. The van der Waals surface area contributed by atoms with E-state index in [9.17, 15) is 29.4 Å². The zero-order valence-electron chi connectivity index (χ0n) is 42.0. The summed E-state index contributed by atoms with van der Waals surface area (Å²) in [6.07, 6.45) is 2.08. The van der Waals surface area contributed by atoms with Crippen molar-refractivity contribution < 1.29 is 38.7 Å². The van der Waals surface area contributed by atoms with Gasteiger partial charge in [-0.05, 0) is 67.6 Å². The molecule has 0 aliphatic carbocycles. The fraction of sp³-hybridized carbons (Fsp3) is 0.382. The summed E-state index contributed by atoms with van der Waals surface area (Å²) in [5.74, 6) is -1.41. The minimum atomic E-state index is -1.82. The largest absolute Gasteiger partial charge is 0.458 e. The van der Waals surface area contributed by atoms with E-state index in [1.165, 1.54) is 11.6 Å². The van der Waals surface area contributed by atoms with Crippen LogP contribution in [0.4, 0.5) is 0 Å². The SMILES string of the molecule is C=C[Si](C)(C)CCC(OC)OC.C=C[Si](C)(C)CCc1c2c(nc3ccccc13)-c1cc3c(c(=O)n1C2)COC(=O)[C@]3(O)CC.CC[C@@]1(O)C(=O)OCc2c1cc1n(c2=O)Cc2cc3ccccc3nc2-1. The van der Waals surface area contributed by atoms with Crippen molar-refractivity contribution in [2.75, 3.05) is 14.2 Å². The smallest absolute Gasteiger partial charge is 0.343 e. The first kappa shape index (κ1) is 51.2. The van der Waals surface area contributed by atoms with Crippen LogP contribution in [-0.2, 0) is 72.5 Å². The number of fused-ring (bicyclic) bond motifs is 10. The van der Waals surface area contributed by atoms with Gasteiger partial charge in [-0.3, -0.25) is 9.59 Å². The Kier molecular flexibility index (Phi) is 14.3. The summed E-state index contributed by atoms with van der Waals surface area (Å²) in [6.45, 7) is 21.1. The second-order valence-electron chi connectivity index (χ2n) is 20.2. The molecule has 0 radical (unpaired) electrons. The van der Waals surface area contributed by atoms with Crippen LogP contribution in [0.2, 0.25) is 38.3 Å². The Morgan fingerprint density at radius 1 is 0.704 bits per heavy atom. The van der Waals surface area contributed by atoms with Crippen LogP contribution < -0.4 is 11.1 Å². The molecule has 4 aliphatic rings. The zero-order chi connectivity index (χ0) is 51.2. The number of aromatic nitrogens is 4. The Bertz CT molecular complexity index is 3250. The minimum Gasteiger partial charge on any atom is -0.458 e. The molecule has 8 heterocycles. The molecule has 2 aromatic carbocycles. The van der Waals surface area contributed by atoms with Gasteiger partial charge in [0.15, 0.2) is 17.5 Å². The molecule has 4 aliphatic heterocycles. The molecule has 0 spiro atoms. The summed E-state index contributed by atoms with van der Waals surface area (Å²) >= 11 is 0. The second-order valence-corrected chi connectivity index (χ2v) is 29.9. The van der Waals surface area contributed by atoms with E-state index < -0.39 is 39.3 Å². The van der Waals surface area contributed by atoms with Gasteiger partial charge in [-0.2, -0.15) is 0 Å². The summed E-state index contributed by atoms with van der Waals surface area (Å²) < 4.78 is 23.8. The van der Waals surface area contributed by atoms with Crippen molar-refractivity contribution in [3.05, 3.63) is 151 Å². The third-order valence-electron chi connectivity index (χ3n) is 14.8. The predicted molar refractivity (Wildman–Crippen MR) is 280 cm³/mol. The molecule has 0 unspecified atom stereocenters. The molecular formula is C55H64N4O10Si2. The first-order valence-electron chi connectivity index (χ1n) is 24.2. The van der Waals surface area contributed by atoms with Gasteiger partial charge in [0.05, 0.1) is 74.2 Å². The van der Waals surface area contributed by atoms with Gasteiger partial charge < -0.3 is 38.3 Å². The molecule has 0 saturated carbocycles. The average Bonchev–Trinajstić information content (AvgIpc) is 3.93. The zero-order valence-corrected chi connectivity index (χ0v) is 44.0. The molecule has 16 heteroatoms. The Morgan fingerprint density at radius 2 is 1.21 bits per heavy atom. The lowest BCUT2D eigenvalue weighted by Crippen LogP contribution is -2.44. The van der Waals surface area contributed by atoms with E-state index in [0.717, 1.165) is 63.2 Å². The lowest BCUT2D eigenvalue weighted by molar-refractivity contribution is -0.172. The van der Waals surface area contributed by atoms with Crippen LogP contribution >= 0.6 is 0 Å². The number of aryl methyl sites for hydroxylation is 1. The van der Waals surface area contributed by atoms with Crippen LogP contribution in [0.1, 0.15) is 72.1 Å². The second kappa shape index (κ2) is 19.8. The topological polar surface area (TPSA) is 181 Å². The van der Waals surface area contributed by atoms with Gasteiger partial charge in [-0.25, -0.2) is 19.6 Å². The lowest BCUT2D eigenvalue weighted by Gasteiger charge is -2.31. The molecule has 2 atom stereocenters. The van der Waals surface area contributed by atoms with Crippen LogP contribution in [0.25, 0.3) is 44.6 Å². The highest BCUT2D eigenvalue weighted by atomic mass is 28.3. The molecule has 14 nitrogen and oxygen atoms in total. The summed E-state index contributed by atoms with van der Waals surface area (Å²) in [6, 6.07) is 23.6. The number of carbonyl (C=O) groups is 2. The van der Waals surface area contributed by atoms with E-state index in [1.807, 2.05) is 48.5 Å². The number of benzene rings is 2. The highest BCUT2D eigenvalue weighted by molar-refractivity contribution is 6.82. The number of carbonyl (C=O) groups excluding carboxylic acids is 2. The van der Waals surface area contributed by atoms with Crippen LogP contribution in [0, 0.1) is 0 Å². The Morgan fingerprint density at radius 3 is 1.77 bits per heavy atom. The monoisotopic (exact) mass is 996 g/mol. The maximum Gasteiger partial charge on any atom is 0.343 e. The van der Waals surface area contributed by atoms with E-state index in [2.05, 4.69) is 56.8 Å². The number of cyclic esters (lactones) is 2. The van der Waals surface area contributed by atoms with Crippen LogP contribution in [0.15, 0.2) is 101 Å². The number of para-hydroxylation sites is 2. The Labute approximate surface area is 415 Å². The van der Waals surface area contributed by atoms with Crippen molar-refractivity contribution in [2.24, 2.45) is 0 Å². The molecule has 71 heavy (non-hydrogen) atoms. The van der Waals surface area contributed by atoms with E-state index in [4.69, 9.17) is 28.9 Å². The Hall–Kier alpha value is -6.15. The number of pyridine rings is 4. The normalized spacial score (nSPS) is 18.4. The maximum absolute atomic E-state index is 13.5. The van der Waals surface area contributed by atoms with Gasteiger partial charge in [0.25, 0.3) is 11.1 Å². The van der Waals surface area contributed by atoms with Gasteiger partial charge >= 0.3 is 11.9 Å². The number of aliphatic hydroxyl groups is 2. The summed E-state index contributed by atoms with van der Waals surface area (Å²) in [4.78, 5) is 60.7. The third-order valence-corrected chi connectivity index (χ3v) is 20.1. The van der Waals surface area contributed by atoms with Gasteiger partial charge in [0.2, 0.25) is 0 Å². The molecular weight excluding hydrogens is 933 g/mol. The molecule has 2 N–H and O–H groups in total. The summed E-state index contributed by atoms with van der Waals surface area (Å²) in [5, 5.41) is 24.0. The standard InChI is InChI=1S/C26H28N2O4Si.C20H16N2O4.C9H20O2Si/c1-5-26(31)20-13-22-23-18(14-28(22)24(29)19(20)15-32-25(26)30)16(11-12-33(3,4)6-2)17-9-7-8-10-21(17)27-23;1-2-20(25)14-8-16-17-12(7-11-5-3-4-6-15(11)21-17)9-22(16)18(23)13(14)10-26-19(20)24;1-6-12(4,5)8-7-9(10-2)11-3/h6-10,13,31H,2,5,11-12,14-15H2,1,3-4H3;3-8,25H,2,9-10H2,1H3;6,9H,1,7-8H2,2-5H3/t26-;20-;/m00./s1. The third kappa shape index (κ3) is 9.33. The quantitative estimate of drug-likeness (QED) is 0.0677. The van der Waals surface area contributed by atoms with Crippen molar-refractivity contribution in [1.29, 1.82) is 0 Å². The van der Waals surface area contributed by atoms with E-state index >= 15 is 0 Å². The number of methoxy groups -OCH3 is 2. The van der Waals surface area contributed by atoms with E-state index in [1.54, 1.807) is 49.3 Å². The van der Waals surface area contributed by atoms with E-state index in [0.29, 0.717) is 46.7 Å². The molecule has 4 aromatic heterocycles. The molecule has 0 fully saturated rings. The van der Waals surface area contributed by atoms with Crippen molar-refractivity contribution >= 4 is 49.9 Å². The van der Waals surface area contributed by atoms with Crippen molar-refractivity contribution in [3.63, 3.8) is 0 Å². The molecule has 6 aromatic rings. The molecule has 10 rings (SSSR count). The number of hydrogen-bond acceptors (Lipinski definition) is 12. The highest BCUT2D eigenvalue weighted by Crippen LogP contribution is 2.42. The summed E-state index contributed by atoms with van der Waals surface area (Å²) in [5.41, 5.74) is 9.27. The van der Waals surface area contributed by atoms with Crippen molar-refractivity contribution in [1.82, 2.24) is 19.1 Å². The molecule has 372 valence electrons. The number of hydrogen-bond donors (Lipinski definition) is 2. The average molecular weight is 997 g/mol. The molecule has 0 saturated heterocycles. The maximum atomic E-state index is 13.5. The molecule has 0 bridgehead atoms. The van der Waals surface area contributed by atoms with Crippen LogP contribution in [-0.4, -0.2) is 77.9 Å². The fourth-order valence-corrected chi connectivity index (χ4v) is 12.1. The van der Waals surface area contributed by atoms with Crippen molar-refractivity contribution in [2.45, 2.75) is 122 Å². The van der Waals surface area contributed by atoms with Gasteiger partial charge in [-0.15, -0.1) is 24.6 Å². The van der Waals surface area contributed by atoms with Gasteiger partial charge in [0.1, 0.15) is 13.2 Å². The first-order chi connectivity index (χ1) is 33.8. The first-order valence-corrected chi connectivity index (χ1v) is 30.8. The number of nitrogens with zero attached hydrogens (tertiary/aromatic N) is 4. The predicted octanol–water partition coefficient (Wildman–Crippen LogP) is 8.56. The Balaban J connectivity index is 0.000000158. The summed E-state index contributed by atoms with van der Waals surface area (Å²) in [7, 11) is 0.650. The number of rotatable bonds is 12. The number of ether oxygens (including phenoxy) is 4. The van der Waals surface area contributed by atoms with Gasteiger partial charge in [0, 0.05) is 47.2 Å². The lowest BCUT2D eigenvalue weighted by atomic mass is 9.86. The van der Waals surface area contributed by atoms with Crippen LogP contribution in [0.3, 0.4) is 0 Å². The highest BCUT2D eigenvalue weighted by Gasteiger charge is 2.47.